The molecule has 0 saturated heterocycles. The van der Waals surface area contributed by atoms with Gasteiger partial charge in [-0.2, -0.15) is 5.10 Å². The van der Waals surface area contributed by atoms with Crippen molar-refractivity contribution in [1.29, 1.82) is 0 Å². The molecule has 0 unspecified atom stereocenters. The molecule has 2 rings (SSSR count). The van der Waals surface area contributed by atoms with Gasteiger partial charge in [0, 0.05) is 11.3 Å². The van der Waals surface area contributed by atoms with Crippen LogP contribution in [0.1, 0.15) is 21.7 Å². The lowest BCUT2D eigenvalue weighted by Crippen LogP contribution is -2.14. The lowest BCUT2D eigenvalue weighted by molar-refractivity contribution is 0.112. The van der Waals surface area contributed by atoms with Crippen LogP contribution in [0.5, 0.6) is 0 Å². The summed E-state index contributed by atoms with van der Waals surface area (Å²) in [5.74, 6) is 0. The van der Waals surface area contributed by atoms with Crippen molar-refractivity contribution in [1.82, 2.24) is 10.2 Å². The Balaban J connectivity index is 2.33. The summed E-state index contributed by atoms with van der Waals surface area (Å²) in [7, 11) is -3.68. The maximum atomic E-state index is 12.2. The first kappa shape index (κ1) is 13.3. The molecule has 6 nitrogen and oxygen atoms in total. The summed E-state index contributed by atoms with van der Waals surface area (Å²) in [4.78, 5) is 10.7. The van der Waals surface area contributed by atoms with Gasteiger partial charge >= 0.3 is 0 Å². The number of aldehydes is 1. The van der Waals surface area contributed by atoms with Gasteiger partial charge in [0.2, 0.25) is 0 Å². The molecule has 0 atom stereocenters. The van der Waals surface area contributed by atoms with Crippen LogP contribution in [0.2, 0.25) is 0 Å². The van der Waals surface area contributed by atoms with E-state index in [1.807, 2.05) is 0 Å². The normalized spacial score (nSPS) is 11.3. The molecule has 0 aliphatic heterocycles. The predicted octanol–water partition coefficient (Wildman–Crippen LogP) is 1.64. The van der Waals surface area contributed by atoms with Crippen LogP contribution >= 0.6 is 0 Å². The van der Waals surface area contributed by atoms with E-state index in [4.69, 9.17) is 0 Å². The van der Waals surface area contributed by atoms with Gasteiger partial charge in [-0.25, -0.2) is 8.42 Å². The Kier molecular flexibility index (Phi) is 3.39. The van der Waals surface area contributed by atoms with Crippen LogP contribution in [-0.4, -0.2) is 24.9 Å². The van der Waals surface area contributed by atoms with Crippen LogP contribution in [0.4, 0.5) is 5.69 Å². The van der Waals surface area contributed by atoms with E-state index in [1.165, 1.54) is 12.1 Å². The Morgan fingerprint density at radius 2 is 1.84 bits per heavy atom. The van der Waals surface area contributed by atoms with E-state index in [0.29, 0.717) is 28.9 Å². The molecule has 0 fully saturated rings. The highest BCUT2D eigenvalue weighted by molar-refractivity contribution is 7.92. The van der Waals surface area contributed by atoms with Crippen molar-refractivity contribution in [2.75, 3.05) is 4.72 Å². The van der Waals surface area contributed by atoms with E-state index in [2.05, 4.69) is 14.9 Å². The molecule has 0 spiro atoms. The second kappa shape index (κ2) is 4.85. The van der Waals surface area contributed by atoms with Gasteiger partial charge in [0.25, 0.3) is 10.0 Å². The number of benzene rings is 1. The van der Waals surface area contributed by atoms with Crippen LogP contribution in [0.3, 0.4) is 0 Å². The van der Waals surface area contributed by atoms with E-state index in [-0.39, 0.29) is 4.90 Å². The number of rotatable bonds is 4. The highest BCUT2D eigenvalue weighted by atomic mass is 32.2. The molecule has 2 N–H and O–H groups in total. The molecule has 0 aliphatic rings. The Morgan fingerprint density at radius 1 is 1.21 bits per heavy atom. The molecular weight excluding hydrogens is 266 g/mol. The second-order valence-electron chi connectivity index (χ2n) is 4.11. The Bertz CT molecular complexity index is 683. The number of aryl methyl sites for hydroxylation is 2. The molecular formula is C12H13N3O3S. The molecule has 100 valence electrons. The molecule has 0 bridgehead atoms. The fraction of sp³-hybridized carbons (Fsp3) is 0.167. The zero-order valence-electron chi connectivity index (χ0n) is 10.5. The van der Waals surface area contributed by atoms with Gasteiger partial charge < -0.3 is 0 Å². The van der Waals surface area contributed by atoms with Crippen LogP contribution < -0.4 is 4.72 Å². The largest absolute Gasteiger partial charge is 0.298 e. The number of H-pyrrole nitrogens is 1. The molecule has 2 aromatic rings. The maximum Gasteiger partial charge on any atom is 0.265 e. The fourth-order valence-electron chi connectivity index (χ4n) is 1.77. The third-order valence-electron chi connectivity index (χ3n) is 2.63. The summed E-state index contributed by atoms with van der Waals surface area (Å²) in [6, 6.07) is 6.15. The molecule has 7 heteroatoms. The molecule has 0 amide bonds. The fourth-order valence-corrected chi connectivity index (χ4v) is 3.20. The highest BCUT2D eigenvalue weighted by Gasteiger charge is 2.22. The van der Waals surface area contributed by atoms with Crippen molar-refractivity contribution in [2.45, 2.75) is 18.7 Å². The molecule has 1 aromatic heterocycles. The number of aromatic nitrogens is 2. The lowest BCUT2D eigenvalue weighted by atomic mass is 10.2. The van der Waals surface area contributed by atoms with E-state index in [9.17, 15) is 13.2 Å². The summed E-state index contributed by atoms with van der Waals surface area (Å²) in [6.07, 6.45) is 0.697. The van der Waals surface area contributed by atoms with E-state index in [0.717, 1.165) is 0 Å². The SMILES string of the molecule is Cc1n[nH]c(C)c1S(=O)(=O)Nc1ccc(C=O)cc1. The molecule has 1 aromatic carbocycles. The smallest absolute Gasteiger partial charge is 0.265 e. The molecule has 0 aliphatic carbocycles. The predicted molar refractivity (Wildman–Crippen MR) is 70.7 cm³/mol. The lowest BCUT2D eigenvalue weighted by Gasteiger charge is -2.08. The minimum Gasteiger partial charge on any atom is -0.298 e. The molecule has 0 radical (unpaired) electrons. The van der Waals surface area contributed by atoms with Crippen LogP contribution in [-0.2, 0) is 10.0 Å². The highest BCUT2D eigenvalue weighted by Crippen LogP contribution is 2.20. The van der Waals surface area contributed by atoms with Crippen molar-refractivity contribution in [3.8, 4) is 0 Å². The van der Waals surface area contributed by atoms with Crippen LogP contribution in [0.25, 0.3) is 0 Å². The topological polar surface area (TPSA) is 91.9 Å². The monoisotopic (exact) mass is 279 g/mol. The second-order valence-corrected chi connectivity index (χ2v) is 5.73. The van der Waals surface area contributed by atoms with Gasteiger partial charge in [-0.15, -0.1) is 0 Å². The standard InChI is InChI=1S/C12H13N3O3S/c1-8-12(9(2)14-13-8)19(17,18)15-11-5-3-10(7-16)4-6-11/h3-7,15H,1-2H3,(H,13,14). The molecule has 19 heavy (non-hydrogen) atoms. The van der Waals surface area contributed by atoms with Crippen molar-refractivity contribution < 1.29 is 13.2 Å². The first-order chi connectivity index (χ1) is 8.94. The quantitative estimate of drug-likeness (QED) is 0.832. The van der Waals surface area contributed by atoms with Gasteiger partial charge in [0.15, 0.2) is 0 Å². The summed E-state index contributed by atoms with van der Waals surface area (Å²) in [6.45, 7) is 3.26. The van der Waals surface area contributed by atoms with Crippen molar-refractivity contribution >= 4 is 22.0 Å². The third-order valence-corrected chi connectivity index (χ3v) is 4.27. The minimum absolute atomic E-state index is 0.145. The Labute approximate surface area is 110 Å². The number of carbonyl (C=O) groups excluding carboxylic acids is 1. The zero-order valence-corrected chi connectivity index (χ0v) is 11.3. The van der Waals surface area contributed by atoms with Crippen LogP contribution in [0.15, 0.2) is 29.2 Å². The number of carbonyl (C=O) groups is 1. The van der Waals surface area contributed by atoms with Crippen molar-refractivity contribution in [2.24, 2.45) is 0 Å². The summed E-state index contributed by atoms with van der Waals surface area (Å²) < 4.78 is 26.9. The Morgan fingerprint density at radius 3 is 2.32 bits per heavy atom. The number of hydrogen-bond acceptors (Lipinski definition) is 4. The number of nitrogens with one attached hydrogen (secondary N) is 2. The van der Waals surface area contributed by atoms with Gasteiger partial charge in [-0.1, -0.05) is 0 Å². The average Bonchev–Trinajstić information content (AvgIpc) is 2.70. The van der Waals surface area contributed by atoms with Gasteiger partial charge in [0.05, 0.1) is 11.4 Å². The average molecular weight is 279 g/mol. The minimum atomic E-state index is -3.68. The van der Waals surface area contributed by atoms with Gasteiger partial charge in [-0.05, 0) is 38.1 Å². The maximum absolute atomic E-state index is 12.2. The number of sulfonamides is 1. The van der Waals surface area contributed by atoms with E-state index >= 15 is 0 Å². The van der Waals surface area contributed by atoms with Crippen molar-refractivity contribution in [3.63, 3.8) is 0 Å². The van der Waals surface area contributed by atoms with Crippen molar-refractivity contribution in [3.05, 3.63) is 41.2 Å². The third kappa shape index (κ3) is 2.65. The molecule has 0 saturated carbocycles. The summed E-state index contributed by atoms with van der Waals surface area (Å²) in [5, 5.41) is 6.49. The number of anilines is 1. The number of hydrogen-bond donors (Lipinski definition) is 2. The zero-order chi connectivity index (χ0) is 14.0. The first-order valence-corrected chi connectivity index (χ1v) is 7.02. The van der Waals surface area contributed by atoms with Crippen LogP contribution in [0, 0.1) is 13.8 Å². The van der Waals surface area contributed by atoms with E-state index in [1.54, 1.807) is 26.0 Å². The Hall–Kier alpha value is -2.15. The molecule has 1 heterocycles. The summed E-state index contributed by atoms with van der Waals surface area (Å²) >= 11 is 0. The number of nitrogens with zero attached hydrogens (tertiary/aromatic N) is 1. The first-order valence-electron chi connectivity index (χ1n) is 5.53. The van der Waals surface area contributed by atoms with Gasteiger partial charge in [0.1, 0.15) is 11.2 Å². The summed E-state index contributed by atoms with van der Waals surface area (Å²) in [5.41, 5.74) is 1.77. The van der Waals surface area contributed by atoms with Gasteiger partial charge in [-0.3, -0.25) is 14.6 Å². The van der Waals surface area contributed by atoms with E-state index < -0.39 is 10.0 Å². The number of aromatic amines is 1.